The Morgan fingerprint density at radius 2 is 0.793 bits per heavy atom. The maximum atomic E-state index is 14.8. The Morgan fingerprint density at radius 3 is 1.13 bits per heavy atom. The molecule has 3 N–H and O–H groups in total. The summed E-state index contributed by atoms with van der Waals surface area (Å²) in [6, 6.07) is 38.2. The number of nitrogens with one attached hydrogen (secondary N) is 1. The van der Waals surface area contributed by atoms with Gasteiger partial charge in [-0.05, 0) is 107 Å². The van der Waals surface area contributed by atoms with Gasteiger partial charge in [0.2, 0.25) is 0 Å². The molecule has 0 spiro atoms. The van der Waals surface area contributed by atoms with E-state index in [4.69, 9.17) is 22.1 Å². The fraction of sp³-hybridized carbons (Fsp3) is 0.226. The zero-order valence-corrected chi connectivity index (χ0v) is 46.1. The summed E-state index contributed by atoms with van der Waals surface area (Å²) in [6.07, 6.45) is -18.3. The minimum absolute atomic E-state index is 0.0327. The van der Waals surface area contributed by atoms with Gasteiger partial charge in [-0.3, -0.25) is 19.6 Å². The summed E-state index contributed by atoms with van der Waals surface area (Å²) in [5.41, 5.74) is -6.13. The second kappa shape index (κ2) is 27.7. The van der Waals surface area contributed by atoms with Crippen LogP contribution < -0.4 is 11.1 Å². The largest absolute Gasteiger partial charge is 0.430 e. The maximum Gasteiger partial charge on any atom is 0.430 e. The first-order valence-electron chi connectivity index (χ1n) is 25.4. The summed E-state index contributed by atoms with van der Waals surface area (Å²) in [7, 11) is 1.49. The lowest BCUT2D eigenvalue weighted by Crippen LogP contribution is -2.58. The van der Waals surface area contributed by atoms with Gasteiger partial charge in [-0.25, -0.2) is 17.6 Å². The molecule has 2 aromatic heterocycles. The number of benzene rings is 6. The van der Waals surface area contributed by atoms with E-state index in [1.807, 2.05) is 0 Å². The lowest BCUT2D eigenvalue weighted by atomic mass is 9.71. The fourth-order valence-electron chi connectivity index (χ4n) is 9.65. The molecule has 0 saturated carbocycles. The van der Waals surface area contributed by atoms with Crippen molar-refractivity contribution in [2.24, 2.45) is 5.73 Å². The Hall–Kier alpha value is -8.19. The quantitative estimate of drug-likeness (QED) is 0.0689. The number of aromatic nitrogens is 2. The number of ether oxygens (including phenoxy) is 2. The van der Waals surface area contributed by atoms with Gasteiger partial charge >= 0.3 is 24.7 Å². The third kappa shape index (κ3) is 15.3. The van der Waals surface area contributed by atoms with Crippen LogP contribution in [0.25, 0.3) is 0 Å². The van der Waals surface area contributed by atoms with E-state index in [2.05, 4.69) is 20.0 Å². The lowest BCUT2D eigenvalue weighted by molar-refractivity contribution is -0.266. The normalized spacial score (nSPS) is 14.7. The monoisotopic (exact) mass is 1250 g/mol. The third-order valence-electron chi connectivity index (χ3n) is 14.0. The van der Waals surface area contributed by atoms with Crippen molar-refractivity contribution in [2.45, 2.75) is 59.6 Å². The molecule has 4 atom stereocenters. The van der Waals surface area contributed by atoms with Crippen molar-refractivity contribution in [3.8, 4) is 0 Å². The van der Waals surface area contributed by atoms with Crippen molar-refractivity contribution in [1.82, 2.24) is 15.3 Å². The van der Waals surface area contributed by atoms with E-state index >= 15 is 0 Å². The molecule has 8 nitrogen and oxygen atoms in total. The molecule has 8 aromatic rings. The molecule has 0 fully saturated rings. The van der Waals surface area contributed by atoms with Crippen molar-refractivity contribution in [2.75, 3.05) is 27.3 Å². The molecule has 2 heterocycles. The van der Waals surface area contributed by atoms with E-state index in [0.29, 0.717) is 24.8 Å². The summed E-state index contributed by atoms with van der Waals surface area (Å²) >= 11 is 5.04. The second-order valence-corrected chi connectivity index (χ2v) is 19.7. The number of methoxy groups -OCH3 is 2. The highest BCUT2D eigenvalue weighted by atomic mass is 35.5. The lowest BCUT2D eigenvalue weighted by Gasteiger charge is -2.38. The van der Waals surface area contributed by atoms with Gasteiger partial charge in [0, 0.05) is 38.4 Å². The first kappa shape index (κ1) is 67.9. The number of alkyl halides is 12. The molecule has 87 heavy (non-hydrogen) atoms. The number of amides is 1. The number of carbonyl (C=O) groups excluding carboxylic acids is 2. The fourth-order valence-corrected chi connectivity index (χ4v) is 9.94. The molecule has 0 aliphatic rings. The van der Waals surface area contributed by atoms with Crippen LogP contribution >= 0.6 is 11.6 Å². The molecule has 8 rings (SSSR count). The van der Waals surface area contributed by atoms with E-state index < -0.39 is 104 Å². The van der Waals surface area contributed by atoms with E-state index in [-0.39, 0.29) is 53.5 Å². The predicted molar refractivity (Wildman–Crippen MR) is 288 cm³/mol. The molecule has 0 radical (unpaired) electrons. The van der Waals surface area contributed by atoms with Crippen LogP contribution in [0, 0.1) is 23.3 Å². The van der Waals surface area contributed by atoms with Crippen molar-refractivity contribution >= 4 is 22.8 Å². The number of nitrogens with zero attached hydrogens (tertiary/aromatic N) is 2. The van der Waals surface area contributed by atoms with Gasteiger partial charge in [-0.15, -0.1) is 0 Å². The van der Waals surface area contributed by atoms with Crippen LogP contribution in [0.1, 0.15) is 55.9 Å². The van der Waals surface area contributed by atoms with Crippen LogP contribution in [-0.4, -0.2) is 60.8 Å². The summed E-state index contributed by atoms with van der Waals surface area (Å²) in [5, 5.41) is 0.592. The number of rotatable bonds is 17. The molecule has 0 bridgehead atoms. The Balaban J connectivity index is 0.000000234. The number of nitrogens with two attached hydrogens (primary N) is 1. The average molecular weight is 1250 g/mol. The first-order chi connectivity index (χ1) is 40.8. The topological polar surface area (TPSA) is 116 Å². The minimum atomic E-state index is -5.29. The SMILES string of the molecule is CO[C@](C(=O)Cl)(c1ccccc1)C(F)(F)F.CO[C@](C(=O)NC[C@](Cc1ccccc1)(c1cc(F)cc(C(F)(F)F)c1)c1ccc(F)cn1)(c1ccccc1)C(F)(F)F.NC[C@](Cc1ccccc1)(c1cc(F)cc(C(F)(F)F)c1)c1ccc(F)cn1. The molecule has 0 aliphatic carbocycles. The molecule has 0 aliphatic heterocycles. The van der Waals surface area contributed by atoms with Gasteiger partial charge in [-0.1, -0.05) is 121 Å². The molecular formula is C62H49ClF16N4O4. The summed E-state index contributed by atoms with van der Waals surface area (Å²) in [4.78, 5) is 32.7. The Kier molecular flexibility index (Phi) is 21.6. The van der Waals surface area contributed by atoms with Crippen LogP contribution in [-0.2, 0) is 66.3 Å². The number of hydrogen-bond donors (Lipinski definition) is 2. The summed E-state index contributed by atoms with van der Waals surface area (Å²) in [5.74, 6) is -5.40. The third-order valence-corrected chi connectivity index (χ3v) is 14.2. The van der Waals surface area contributed by atoms with E-state index in [0.717, 1.165) is 85.7 Å². The maximum absolute atomic E-state index is 14.8. The Morgan fingerprint density at radius 1 is 0.448 bits per heavy atom. The number of pyridine rings is 2. The highest BCUT2D eigenvalue weighted by molar-refractivity contribution is 6.65. The highest BCUT2D eigenvalue weighted by Crippen LogP contribution is 2.46. The molecule has 1 amide bonds. The Bertz CT molecular complexity index is 3550. The van der Waals surface area contributed by atoms with E-state index in [9.17, 15) is 79.8 Å². The van der Waals surface area contributed by atoms with Crippen LogP contribution in [0.4, 0.5) is 70.2 Å². The number of carbonyl (C=O) groups is 2. The van der Waals surface area contributed by atoms with Gasteiger partial charge in [0.15, 0.2) is 0 Å². The molecule has 6 aromatic carbocycles. The van der Waals surface area contributed by atoms with Crippen molar-refractivity contribution in [3.05, 3.63) is 274 Å². The standard InChI is InChI=1S/C31H24F8N2O2.C21H17F5N2.C10H8ClF3O2/c1-43-29(31(37,38)39,21-10-6-3-7-11-21)27(42)41-19-28(17-20-8-4-2-5-9-20,26-13-12-24(32)18-40-26)22-14-23(30(34,35)36)16-25(33)15-22;22-17-6-7-19(28-12-17)20(13-27,11-14-4-2-1-3-5-14)15-8-16(21(24,25)26)10-18(23)9-15;1-16-9(8(11)15,10(12,13)14)7-5-3-2-4-6-7/h2-16,18H,17,19H2,1H3,(H,41,42);1-10,12H,11,13,27H2;2-6H,1H3/t28-,29+;20-;9-/m110/s1. The van der Waals surface area contributed by atoms with Gasteiger partial charge in [0.1, 0.15) is 23.3 Å². The van der Waals surface area contributed by atoms with Gasteiger partial charge in [-0.2, -0.15) is 52.7 Å². The van der Waals surface area contributed by atoms with Crippen LogP contribution in [0.2, 0.25) is 0 Å². The molecule has 0 saturated heterocycles. The zero-order valence-electron chi connectivity index (χ0n) is 45.3. The van der Waals surface area contributed by atoms with Crippen LogP contribution in [0.3, 0.4) is 0 Å². The summed E-state index contributed by atoms with van der Waals surface area (Å²) in [6.45, 7) is -0.963. The number of hydrogen-bond acceptors (Lipinski definition) is 7. The smallest absolute Gasteiger partial charge is 0.357 e. The van der Waals surface area contributed by atoms with Crippen molar-refractivity contribution in [1.29, 1.82) is 0 Å². The van der Waals surface area contributed by atoms with Gasteiger partial charge < -0.3 is 20.5 Å². The van der Waals surface area contributed by atoms with Crippen molar-refractivity contribution < 1.29 is 89.3 Å². The first-order valence-corrected chi connectivity index (χ1v) is 25.8. The van der Waals surface area contributed by atoms with Crippen molar-refractivity contribution in [3.63, 3.8) is 0 Å². The van der Waals surface area contributed by atoms with Crippen LogP contribution in [0.15, 0.2) is 194 Å². The minimum Gasteiger partial charge on any atom is -0.357 e. The zero-order chi connectivity index (χ0) is 64.2. The molecule has 25 heteroatoms. The number of halogens is 17. The van der Waals surface area contributed by atoms with Gasteiger partial charge in [0.25, 0.3) is 22.4 Å². The molecule has 460 valence electrons. The Labute approximate surface area is 492 Å². The van der Waals surface area contributed by atoms with E-state index in [1.54, 1.807) is 60.7 Å². The second-order valence-electron chi connectivity index (χ2n) is 19.3. The van der Waals surface area contributed by atoms with E-state index in [1.165, 1.54) is 42.5 Å². The molecular weight excluding hydrogens is 1200 g/mol. The predicted octanol–water partition coefficient (Wildman–Crippen LogP) is 14.8. The molecule has 0 unspecified atom stereocenters. The average Bonchev–Trinajstić information content (AvgIpc) is 3.30. The summed E-state index contributed by atoms with van der Waals surface area (Å²) < 4.78 is 229. The van der Waals surface area contributed by atoms with Gasteiger partial charge in [0.05, 0.1) is 45.7 Å². The van der Waals surface area contributed by atoms with Crippen LogP contribution in [0.5, 0.6) is 0 Å². The highest BCUT2D eigenvalue weighted by Gasteiger charge is 2.63.